The maximum absolute atomic E-state index is 12.9. The monoisotopic (exact) mass is 378 g/mol. The summed E-state index contributed by atoms with van der Waals surface area (Å²) in [7, 11) is -3.99. The van der Waals surface area contributed by atoms with Crippen molar-refractivity contribution in [3.63, 3.8) is 0 Å². The van der Waals surface area contributed by atoms with E-state index in [1.54, 1.807) is 19.1 Å². The van der Waals surface area contributed by atoms with Crippen LogP contribution in [0.1, 0.15) is 38.2 Å². The zero-order valence-electron chi connectivity index (χ0n) is 14.0. The van der Waals surface area contributed by atoms with Crippen molar-refractivity contribution < 1.29 is 26.4 Å². The van der Waals surface area contributed by atoms with Gasteiger partial charge in [-0.2, -0.15) is 13.2 Å². The maximum Gasteiger partial charge on any atom is 0.391 e. The molecule has 0 bridgehead atoms. The average Bonchev–Trinajstić information content (AvgIpc) is 2.47. The molecule has 1 amide bonds. The summed E-state index contributed by atoms with van der Waals surface area (Å²) in [5.41, 5.74) is 0.764. The molecule has 1 aliphatic carbocycles. The third kappa shape index (κ3) is 5.18. The van der Waals surface area contributed by atoms with Gasteiger partial charge in [0, 0.05) is 18.7 Å². The summed E-state index contributed by atoms with van der Waals surface area (Å²) >= 11 is 0. The van der Waals surface area contributed by atoms with Crippen LogP contribution in [0.25, 0.3) is 0 Å². The Hall–Kier alpha value is -1.61. The van der Waals surface area contributed by atoms with Crippen LogP contribution in [-0.2, 0) is 14.8 Å². The molecule has 1 saturated carbocycles. The molecule has 140 valence electrons. The molecule has 0 heterocycles. The van der Waals surface area contributed by atoms with Crippen LogP contribution in [0.15, 0.2) is 23.1 Å². The summed E-state index contributed by atoms with van der Waals surface area (Å²) in [4.78, 5) is 11.1. The van der Waals surface area contributed by atoms with Crippen molar-refractivity contribution in [2.75, 3.05) is 5.32 Å². The Bertz CT molecular complexity index is 747. The van der Waals surface area contributed by atoms with Gasteiger partial charge in [0.1, 0.15) is 0 Å². The lowest BCUT2D eigenvalue weighted by Crippen LogP contribution is -2.41. The third-order valence-electron chi connectivity index (χ3n) is 4.26. The van der Waals surface area contributed by atoms with Gasteiger partial charge >= 0.3 is 6.18 Å². The molecule has 25 heavy (non-hydrogen) atoms. The Morgan fingerprint density at radius 1 is 1.24 bits per heavy atom. The summed E-state index contributed by atoms with van der Waals surface area (Å²) in [5, 5.41) is 2.50. The molecule has 2 rings (SSSR count). The Balaban J connectivity index is 2.20. The number of alkyl halides is 3. The van der Waals surface area contributed by atoms with Crippen LogP contribution in [0.3, 0.4) is 0 Å². The Labute approximate surface area is 145 Å². The Morgan fingerprint density at radius 3 is 2.52 bits per heavy atom. The number of rotatable bonds is 4. The fourth-order valence-corrected chi connectivity index (χ4v) is 4.60. The third-order valence-corrected chi connectivity index (χ3v) is 5.92. The van der Waals surface area contributed by atoms with E-state index >= 15 is 0 Å². The number of nitrogens with one attached hydrogen (secondary N) is 2. The van der Waals surface area contributed by atoms with Crippen LogP contribution in [0.5, 0.6) is 0 Å². The van der Waals surface area contributed by atoms with Gasteiger partial charge in [0.05, 0.1) is 10.8 Å². The highest BCUT2D eigenvalue weighted by atomic mass is 32.2. The van der Waals surface area contributed by atoms with Gasteiger partial charge in [-0.25, -0.2) is 13.1 Å². The van der Waals surface area contributed by atoms with E-state index < -0.39 is 28.2 Å². The fourth-order valence-electron chi connectivity index (χ4n) is 3.05. The Morgan fingerprint density at radius 2 is 1.92 bits per heavy atom. The Kier molecular flexibility index (Phi) is 5.78. The van der Waals surface area contributed by atoms with Crippen molar-refractivity contribution in [2.24, 2.45) is 5.92 Å². The molecule has 2 atom stereocenters. The highest BCUT2D eigenvalue weighted by molar-refractivity contribution is 7.89. The topological polar surface area (TPSA) is 75.3 Å². The second kappa shape index (κ2) is 7.33. The molecule has 0 saturated heterocycles. The lowest BCUT2D eigenvalue weighted by atomic mass is 9.86. The number of amides is 1. The van der Waals surface area contributed by atoms with Crippen molar-refractivity contribution in [1.82, 2.24) is 4.72 Å². The van der Waals surface area contributed by atoms with Gasteiger partial charge < -0.3 is 5.32 Å². The fraction of sp³-hybridized carbons (Fsp3) is 0.562. The summed E-state index contributed by atoms with van der Waals surface area (Å²) in [6.45, 7) is 2.89. The van der Waals surface area contributed by atoms with E-state index in [1.807, 2.05) is 0 Å². The van der Waals surface area contributed by atoms with E-state index in [1.165, 1.54) is 13.0 Å². The summed E-state index contributed by atoms with van der Waals surface area (Å²) in [6, 6.07) is 3.66. The van der Waals surface area contributed by atoms with Gasteiger partial charge in [-0.3, -0.25) is 4.79 Å². The average molecular weight is 378 g/mol. The highest BCUT2D eigenvalue weighted by Crippen LogP contribution is 2.38. The lowest BCUT2D eigenvalue weighted by molar-refractivity contribution is -0.183. The largest absolute Gasteiger partial charge is 0.391 e. The molecule has 0 aliphatic heterocycles. The molecule has 0 aromatic heterocycles. The number of carbonyl (C=O) groups excluding carboxylic acids is 1. The van der Waals surface area contributed by atoms with E-state index in [0.29, 0.717) is 24.1 Å². The quantitative estimate of drug-likeness (QED) is 0.844. The zero-order valence-corrected chi connectivity index (χ0v) is 14.8. The smallest absolute Gasteiger partial charge is 0.326 e. The molecule has 0 radical (unpaired) electrons. The zero-order chi connectivity index (χ0) is 18.8. The predicted octanol–water partition coefficient (Wildman–Crippen LogP) is 3.35. The molecule has 2 unspecified atom stereocenters. The van der Waals surface area contributed by atoms with Gasteiger partial charge in [0.25, 0.3) is 0 Å². The minimum atomic E-state index is -4.31. The van der Waals surface area contributed by atoms with Gasteiger partial charge in [-0.05, 0) is 43.9 Å². The first kappa shape index (κ1) is 19.7. The second-order valence-electron chi connectivity index (χ2n) is 6.38. The molecule has 1 fully saturated rings. The van der Waals surface area contributed by atoms with Gasteiger partial charge in [0.2, 0.25) is 15.9 Å². The van der Waals surface area contributed by atoms with Crippen molar-refractivity contribution in [1.29, 1.82) is 0 Å². The van der Waals surface area contributed by atoms with Crippen molar-refractivity contribution >= 4 is 21.6 Å². The van der Waals surface area contributed by atoms with E-state index in [4.69, 9.17) is 0 Å². The molecule has 0 spiro atoms. The first-order valence-electron chi connectivity index (χ1n) is 7.96. The number of benzene rings is 1. The van der Waals surface area contributed by atoms with Crippen LogP contribution in [0.2, 0.25) is 0 Å². The standard InChI is InChI=1S/C16H21F3N2O3S/c1-10-6-7-13(20-11(2)22)9-15(10)25(23,24)21-14-5-3-4-12(8-14)16(17,18)19/h6-7,9,12,14,21H,3-5,8H2,1-2H3,(H,20,22). The summed E-state index contributed by atoms with van der Waals surface area (Å²) < 4.78 is 66.3. The summed E-state index contributed by atoms with van der Waals surface area (Å²) in [5.74, 6) is -1.83. The van der Waals surface area contributed by atoms with Gasteiger partial charge in [0.15, 0.2) is 0 Å². The SMILES string of the molecule is CC(=O)Nc1ccc(C)c(S(=O)(=O)NC2CCCC(C(F)(F)F)C2)c1. The molecule has 9 heteroatoms. The van der Waals surface area contributed by atoms with Crippen molar-refractivity contribution in [3.05, 3.63) is 23.8 Å². The first-order chi connectivity index (χ1) is 11.5. The minimum absolute atomic E-state index is 0.0266. The normalized spacial score (nSPS) is 21.8. The van der Waals surface area contributed by atoms with Crippen molar-refractivity contribution in [3.8, 4) is 0 Å². The van der Waals surface area contributed by atoms with Gasteiger partial charge in [-0.1, -0.05) is 12.5 Å². The van der Waals surface area contributed by atoms with E-state index in [0.717, 1.165) is 0 Å². The number of anilines is 1. The maximum atomic E-state index is 12.9. The molecule has 1 aliphatic rings. The van der Waals surface area contributed by atoms with Crippen LogP contribution in [0, 0.1) is 12.8 Å². The minimum Gasteiger partial charge on any atom is -0.326 e. The summed E-state index contributed by atoms with van der Waals surface area (Å²) in [6.07, 6.45) is -3.85. The van der Waals surface area contributed by atoms with E-state index in [2.05, 4.69) is 10.0 Å². The van der Waals surface area contributed by atoms with Crippen LogP contribution >= 0.6 is 0 Å². The molecule has 5 nitrogen and oxygen atoms in total. The highest BCUT2D eigenvalue weighted by Gasteiger charge is 2.42. The molecule has 1 aromatic carbocycles. The molecular weight excluding hydrogens is 357 g/mol. The van der Waals surface area contributed by atoms with Crippen LogP contribution < -0.4 is 10.0 Å². The molecular formula is C16H21F3N2O3S. The predicted molar refractivity (Wildman–Crippen MR) is 87.6 cm³/mol. The van der Waals surface area contributed by atoms with Gasteiger partial charge in [-0.15, -0.1) is 0 Å². The first-order valence-corrected chi connectivity index (χ1v) is 9.44. The number of halogens is 3. The number of hydrogen-bond acceptors (Lipinski definition) is 3. The number of hydrogen-bond donors (Lipinski definition) is 2. The second-order valence-corrected chi connectivity index (χ2v) is 8.07. The lowest BCUT2D eigenvalue weighted by Gasteiger charge is -2.31. The molecule has 1 aromatic rings. The number of carbonyl (C=O) groups is 1. The number of sulfonamides is 1. The van der Waals surface area contributed by atoms with Crippen LogP contribution in [0.4, 0.5) is 18.9 Å². The van der Waals surface area contributed by atoms with Crippen LogP contribution in [-0.4, -0.2) is 26.5 Å². The number of aryl methyl sites for hydroxylation is 1. The van der Waals surface area contributed by atoms with E-state index in [9.17, 15) is 26.4 Å². The van der Waals surface area contributed by atoms with E-state index in [-0.39, 0.29) is 23.6 Å². The van der Waals surface area contributed by atoms with Crippen molar-refractivity contribution in [2.45, 2.75) is 56.6 Å². The molecule has 2 N–H and O–H groups in total.